The summed E-state index contributed by atoms with van der Waals surface area (Å²) in [6, 6.07) is 46.0. The van der Waals surface area contributed by atoms with Gasteiger partial charge in [0.15, 0.2) is 0 Å². The van der Waals surface area contributed by atoms with Gasteiger partial charge in [-0.3, -0.25) is 0 Å². The van der Waals surface area contributed by atoms with Crippen molar-refractivity contribution in [2.75, 3.05) is 0 Å². The zero-order chi connectivity index (χ0) is 69.8. The predicted octanol–water partition coefficient (Wildman–Crippen LogP) is 24.4. The summed E-state index contributed by atoms with van der Waals surface area (Å²) in [4.78, 5) is 0. The maximum Gasteiger partial charge on any atom is 0.122 e. The molecule has 0 radical (unpaired) electrons. The number of benzene rings is 8. The molecule has 8 heteroatoms. The number of hydrogen-bond donors (Lipinski definition) is 8. The molecular formula is C94H112O8. The lowest BCUT2D eigenvalue weighted by Gasteiger charge is -2.41. The highest BCUT2D eigenvalue weighted by Gasteiger charge is 2.40. The molecule has 8 N–H and O–H groups in total. The van der Waals surface area contributed by atoms with E-state index >= 15 is 0 Å². The van der Waals surface area contributed by atoms with Crippen LogP contribution in [0.25, 0.3) is 0 Å². The molecule has 7 saturated carbocycles. The summed E-state index contributed by atoms with van der Waals surface area (Å²) in [5.74, 6) is 3.04. The number of phenolic OH excluding ortho intramolecular Hbond substituents is 8. The highest BCUT2D eigenvalue weighted by atomic mass is 16.3. The van der Waals surface area contributed by atoms with Crippen LogP contribution in [0.1, 0.15) is 372 Å². The van der Waals surface area contributed by atoms with Crippen molar-refractivity contribution in [1.29, 1.82) is 0 Å². The summed E-state index contributed by atoms with van der Waals surface area (Å²) < 4.78 is 0. The highest BCUT2D eigenvalue weighted by Crippen LogP contribution is 2.54. The van der Waals surface area contributed by atoms with Gasteiger partial charge in [-0.05, 0) is 251 Å². The summed E-state index contributed by atoms with van der Waals surface area (Å²) in [6.07, 6.45) is 39.1. The van der Waals surface area contributed by atoms with E-state index < -0.39 is 17.3 Å². The van der Waals surface area contributed by atoms with Gasteiger partial charge in [-0.2, -0.15) is 0 Å². The summed E-state index contributed by atoms with van der Waals surface area (Å²) in [5.41, 5.74) is 17.2. The molecule has 15 rings (SSSR count). The first kappa shape index (κ1) is 69.9. The molecule has 0 unspecified atom stereocenters. The van der Waals surface area contributed by atoms with Crippen LogP contribution in [0, 0.1) is 0 Å². The predicted molar refractivity (Wildman–Crippen MR) is 411 cm³/mol. The quantitative estimate of drug-likeness (QED) is 0.0394. The standard InChI is InChI=1S/C94H112O8/c95-84-42-36-68(54-76(84)62-22-8-1-9-23-62)90(69-37-43-85(96)77(55-69)63-24-10-2-11-25-63)82-50-60(34-40-88(82)99)48-72-52-74(58-80(92(72)101)66-30-16-5-17-31-66)94(46-20-7-21-47-94)75-53-73(93(102)81(59-75)67-32-18-6-19-33-67)49-61-35-41-89(100)83(51-61)91(70-38-44-86(97)78(56-70)64-26-12-3-13-27-64)71-39-45-87(98)79(57-71)65-28-14-4-15-29-65/h34-45,50-59,62-67,90-91,95-102H,1-33,46-49H2. The number of hydrogen-bond acceptors (Lipinski definition) is 8. The Morgan fingerprint density at radius 3 is 0.794 bits per heavy atom. The second-order valence-electron chi connectivity index (χ2n) is 33.1. The maximum absolute atomic E-state index is 13.1. The molecule has 0 atom stereocenters. The van der Waals surface area contributed by atoms with E-state index in [1.54, 1.807) is 0 Å². The first-order valence-electron chi connectivity index (χ1n) is 40.5. The molecule has 0 amide bonds. The average Bonchev–Trinajstić information content (AvgIpc) is 0.746. The molecular weight excluding hydrogens is 1260 g/mol. The van der Waals surface area contributed by atoms with E-state index in [1.165, 1.54) is 49.7 Å². The smallest absolute Gasteiger partial charge is 0.122 e. The van der Waals surface area contributed by atoms with Crippen LogP contribution in [0.4, 0.5) is 0 Å². The van der Waals surface area contributed by atoms with E-state index in [4.69, 9.17) is 0 Å². The topological polar surface area (TPSA) is 162 Å². The van der Waals surface area contributed by atoms with Crippen LogP contribution >= 0.6 is 0 Å². The Hall–Kier alpha value is -7.84. The van der Waals surface area contributed by atoms with Crippen LogP contribution in [-0.2, 0) is 18.3 Å². The van der Waals surface area contributed by atoms with E-state index in [1.807, 2.05) is 72.8 Å². The van der Waals surface area contributed by atoms with Crippen LogP contribution in [-0.4, -0.2) is 40.9 Å². The lowest BCUT2D eigenvalue weighted by Crippen LogP contribution is -2.31. The first-order chi connectivity index (χ1) is 49.8. The Balaban J connectivity index is 0.841. The van der Waals surface area contributed by atoms with Gasteiger partial charge in [0.25, 0.3) is 0 Å². The Morgan fingerprint density at radius 1 is 0.255 bits per heavy atom. The molecule has 7 aliphatic rings. The fraction of sp³-hybridized carbons (Fsp3) is 0.489. The van der Waals surface area contributed by atoms with E-state index in [9.17, 15) is 40.9 Å². The Morgan fingerprint density at radius 2 is 0.510 bits per heavy atom. The van der Waals surface area contributed by atoms with Gasteiger partial charge in [0.05, 0.1) is 0 Å². The lowest BCUT2D eigenvalue weighted by atomic mass is 9.63. The van der Waals surface area contributed by atoms with Gasteiger partial charge in [-0.1, -0.05) is 232 Å². The Labute approximate surface area is 607 Å². The zero-order valence-electron chi connectivity index (χ0n) is 60.6. The first-order valence-corrected chi connectivity index (χ1v) is 40.5. The van der Waals surface area contributed by atoms with Crippen molar-refractivity contribution in [2.24, 2.45) is 0 Å². The molecule has 0 aliphatic heterocycles. The van der Waals surface area contributed by atoms with Gasteiger partial charge < -0.3 is 40.9 Å². The van der Waals surface area contributed by atoms with Gasteiger partial charge in [0.1, 0.15) is 46.0 Å². The van der Waals surface area contributed by atoms with Crippen molar-refractivity contribution in [3.8, 4) is 46.0 Å². The van der Waals surface area contributed by atoms with E-state index in [-0.39, 0.29) is 47.0 Å². The van der Waals surface area contributed by atoms with Gasteiger partial charge >= 0.3 is 0 Å². The Bertz CT molecular complexity index is 3830. The zero-order valence-corrected chi connectivity index (χ0v) is 60.6. The Kier molecular flexibility index (Phi) is 21.4. The van der Waals surface area contributed by atoms with Gasteiger partial charge in [-0.25, -0.2) is 0 Å². The van der Waals surface area contributed by atoms with Crippen molar-refractivity contribution >= 4 is 0 Å². The van der Waals surface area contributed by atoms with Crippen LogP contribution in [0.5, 0.6) is 46.0 Å². The van der Waals surface area contributed by atoms with Gasteiger partial charge in [0, 0.05) is 41.2 Å². The average molecular weight is 1370 g/mol. The minimum absolute atomic E-state index is 0.187. The number of rotatable bonds is 18. The maximum atomic E-state index is 13.1. The molecule has 8 aromatic carbocycles. The lowest BCUT2D eigenvalue weighted by molar-refractivity contribution is 0.341. The van der Waals surface area contributed by atoms with E-state index in [0.29, 0.717) is 47.3 Å². The van der Waals surface area contributed by atoms with Crippen molar-refractivity contribution in [2.45, 2.75) is 290 Å². The number of aromatic hydroxyl groups is 8. The van der Waals surface area contributed by atoms with Crippen molar-refractivity contribution in [1.82, 2.24) is 0 Å². The molecule has 102 heavy (non-hydrogen) atoms. The summed E-state index contributed by atoms with van der Waals surface area (Å²) >= 11 is 0. The third-order valence-electron chi connectivity index (χ3n) is 26.7. The molecule has 7 aliphatic carbocycles. The minimum Gasteiger partial charge on any atom is -0.508 e. The summed E-state index contributed by atoms with van der Waals surface area (Å²) in [5, 5.41) is 97.4. The van der Waals surface area contributed by atoms with E-state index in [2.05, 4.69) is 60.7 Å². The molecule has 8 aromatic rings. The van der Waals surface area contributed by atoms with Crippen molar-refractivity contribution in [3.05, 3.63) is 234 Å². The second-order valence-corrected chi connectivity index (χ2v) is 33.1. The van der Waals surface area contributed by atoms with Crippen LogP contribution in [0.2, 0.25) is 0 Å². The van der Waals surface area contributed by atoms with Crippen molar-refractivity contribution < 1.29 is 40.9 Å². The summed E-state index contributed by atoms with van der Waals surface area (Å²) in [6.45, 7) is 0. The van der Waals surface area contributed by atoms with Crippen molar-refractivity contribution in [3.63, 3.8) is 0 Å². The molecule has 0 spiro atoms. The molecule has 0 bridgehead atoms. The summed E-state index contributed by atoms with van der Waals surface area (Å²) in [7, 11) is 0. The second kappa shape index (κ2) is 31.2. The minimum atomic E-state index is -0.431. The molecule has 0 aromatic heterocycles. The normalized spacial score (nSPS) is 19.6. The number of phenols is 8. The van der Waals surface area contributed by atoms with Crippen LogP contribution < -0.4 is 0 Å². The fourth-order valence-corrected chi connectivity index (χ4v) is 21.0. The highest BCUT2D eigenvalue weighted by molar-refractivity contribution is 5.61. The molecule has 7 fully saturated rings. The monoisotopic (exact) mass is 1370 g/mol. The van der Waals surface area contributed by atoms with Gasteiger partial charge in [-0.15, -0.1) is 0 Å². The SMILES string of the molecule is Oc1ccc(C(c2ccc(O)c(C3CCCCC3)c2)c2cc(Cc3cc(C4(c5cc(Cc6ccc(O)c(C(c7ccc(O)c(C8CCCCC8)c7)c7ccc(O)c(C8CCCCC8)c7)c6)c(O)c(C6CCCCC6)c5)CCCCC4)cc(C4CCCCC4)c3O)ccc2O)cc1C1CCCCC1. The third-order valence-corrected chi connectivity index (χ3v) is 26.7. The van der Waals surface area contributed by atoms with Crippen LogP contribution in [0.15, 0.2) is 133 Å². The van der Waals surface area contributed by atoms with Crippen LogP contribution in [0.3, 0.4) is 0 Å². The van der Waals surface area contributed by atoms with Gasteiger partial charge in [0.2, 0.25) is 0 Å². The third kappa shape index (κ3) is 14.7. The molecule has 0 heterocycles. The van der Waals surface area contributed by atoms with E-state index in [0.717, 1.165) is 275 Å². The molecule has 0 saturated heterocycles. The molecule has 536 valence electrons. The largest absolute Gasteiger partial charge is 0.508 e. The molecule has 8 nitrogen and oxygen atoms in total. The fourth-order valence-electron chi connectivity index (χ4n) is 21.0.